The summed E-state index contributed by atoms with van der Waals surface area (Å²) >= 11 is 0. The third-order valence-corrected chi connectivity index (χ3v) is 3.71. The minimum Gasteiger partial charge on any atom is -0.385 e. The Hall–Kier alpha value is -0.930. The molecule has 86 valence electrons. The fourth-order valence-corrected chi connectivity index (χ4v) is 2.91. The van der Waals surface area contributed by atoms with Crippen LogP contribution >= 0.6 is 0 Å². The number of halogens is 1. The first-order valence-corrected chi connectivity index (χ1v) is 5.80. The van der Waals surface area contributed by atoms with Crippen LogP contribution in [0.2, 0.25) is 0 Å². The third-order valence-electron chi connectivity index (χ3n) is 3.71. The van der Waals surface area contributed by atoms with E-state index in [0.29, 0.717) is 12.8 Å². The highest BCUT2D eigenvalue weighted by atomic mass is 19.1. The minimum absolute atomic E-state index is 0.175. The monoisotopic (exact) mass is 222 g/mol. The number of hydrogen-bond acceptors (Lipinski definition) is 2. The maximum Gasteiger partial charge on any atom is 0.123 e. The number of aliphatic hydroxyl groups is 1. The second-order valence-electron chi connectivity index (χ2n) is 4.90. The topological polar surface area (TPSA) is 29.5 Å². The SMILES string of the molecule is OC1(c2ccc(F)cc2)CC2CCC(C1)O2. The predicted octanol–water partition coefficient (Wildman–Crippen LogP) is 2.35. The van der Waals surface area contributed by atoms with Crippen LogP contribution in [0, 0.1) is 5.82 Å². The Balaban J connectivity index is 1.90. The molecule has 0 aromatic heterocycles. The van der Waals surface area contributed by atoms with E-state index in [4.69, 9.17) is 4.74 Å². The fraction of sp³-hybridized carbons (Fsp3) is 0.538. The van der Waals surface area contributed by atoms with Crippen molar-refractivity contribution in [3.8, 4) is 0 Å². The molecule has 0 aliphatic carbocycles. The van der Waals surface area contributed by atoms with Crippen molar-refractivity contribution in [2.45, 2.75) is 43.5 Å². The summed E-state index contributed by atoms with van der Waals surface area (Å²) in [6.07, 6.45) is 3.69. The van der Waals surface area contributed by atoms with Crippen LogP contribution in [0.3, 0.4) is 0 Å². The predicted molar refractivity (Wildman–Crippen MR) is 57.4 cm³/mol. The zero-order valence-corrected chi connectivity index (χ0v) is 9.03. The van der Waals surface area contributed by atoms with E-state index in [1.165, 1.54) is 12.1 Å². The molecule has 2 aliphatic rings. The largest absolute Gasteiger partial charge is 0.385 e. The molecule has 0 radical (unpaired) electrons. The smallest absolute Gasteiger partial charge is 0.123 e. The molecule has 0 spiro atoms. The second kappa shape index (κ2) is 3.54. The lowest BCUT2D eigenvalue weighted by atomic mass is 9.83. The summed E-state index contributed by atoms with van der Waals surface area (Å²) in [5.74, 6) is -0.262. The Morgan fingerprint density at radius 3 is 2.25 bits per heavy atom. The van der Waals surface area contributed by atoms with Gasteiger partial charge in [-0.05, 0) is 30.5 Å². The van der Waals surface area contributed by atoms with Gasteiger partial charge in [-0.15, -0.1) is 0 Å². The summed E-state index contributed by atoms with van der Waals surface area (Å²) in [6, 6.07) is 6.18. The van der Waals surface area contributed by atoms with Crippen LogP contribution in [0.5, 0.6) is 0 Å². The normalized spacial score (nSPS) is 37.6. The second-order valence-corrected chi connectivity index (χ2v) is 4.90. The van der Waals surface area contributed by atoms with Gasteiger partial charge < -0.3 is 9.84 Å². The summed E-state index contributed by atoms with van der Waals surface area (Å²) < 4.78 is 18.5. The molecular weight excluding hydrogens is 207 g/mol. The first-order valence-electron chi connectivity index (χ1n) is 5.80. The average molecular weight is 222 g/mol. The van der Waals surface area contributed by atoms with Crippen LogP contribution in [0.15, 0.2) is 24.3 Å². The minimum atomic E-state index is -0.822. The van der Waals surface area contributed by atoms with Crippen molar-refractivity contribution < 1.29 is 14.2 Å². The molecule has 2 nitrogen and oxygen atoms in total. The summed E-state index contributed by atoms with van der Waals surface area (Å²) in [5, 5.41) is 10.6. The maximum atomic E-state index is 12.8. The lowest BCUT2D eigenvalue weighted by Crippen LogP contribution is -2.38. The van der Waals surface area contributed by atoms with E-state index in [0.717, 1.165) is 18.4 Å². The van der Waals surface area contributed by atoms with Gasteiger partial charge in [0.2, 0.25) is 0 Å². The Morgan fingerprint density at radius 2 is 1.69 bits per heavy atom. The zero-order chi connectivity index (χ0) is 11.2. The molecule has 16 heavy (non-hydrogen) atoms. The first kappa shape index (κ1) is 10.2. The first-order chi connectivity index (χ1) is 7.66. The van der Waals surface area contributed by atoms with Crippen molar-refractivity contribution in [2.75, 3.05) is 0 Å². The van der Waals surface area contributed by atoms with Crippen LogP contribution < -0.4 is 0 Å². The highest BCUT2D eigenvalue weighted by Crippen LogP contribution is 2.43. The standard InChI is InChI=1S/C13H15FO2/c14-10-3-1-9(2-4-10)13(15)7-11-5-6-12(8-13)16-11/h1-4,11-12,15H,5-8H2. The fourth-order valence-electron chi connectivity index (χ4n) is 2.91. The third kappa shape index (κ3) is 1.64. The van der Waals surface area contributed by atoms with E-state index in [9.17, 15) is 9.50 Å². The Morgan fingerprint density at radius 1 is 1.12 bits per heavy atom. The van der Waals surface area contributed by atoms with E-state index in [2.05, 4.69) is 0 Å². The van der Waals surface area contributed by atoms with Crippen molar-refractivity contribution in [1.82, 2.24) is 0 Å². The van der Waals surface area contributed by atoms with Gasteiger partial charge in [0.05, 0.1) is 17.8 Å². The van der Waals surface area contributed by atoms with Gasteiger partial charge in [0, 0.05) is 12.8 Å². The number of ether oxygens (including phenoxy) is 1. The Bertz CT molecular complexity index is 375. The molecule has 2 fully saturated rings. The molecule has 3 heteroatoms. The number of fused-ring (bicyclic) bond motifs is 2. The summed E-state index contributed by atoms with van der Waals surface area (Å²) in [7, 11) is 0. The quantitative estimate of drug-likeness (QED) is 0.790. The summed E-state index contributed by atoms with van der Waals surface area (Å²) in [5.41, 5.74) is -0.00766. The lowest BCUT2D eigenvalue weighted by Gasteiger charge is -2.36. The summed E-state index contributed by atoms with van der Waals surface area (Å²) in [4.78, 5) is 0. The van der Waals surface area contributed by atoms with E-state index in [1.54, 1.807) is 12.1 Å². The van der Waals surface area contributed by atoms with E-state index < -0.39 is 5.60 Å². The van der Waals surface area contributed by atoms with Gasteiger partial charge >= 0.3 is 0 Å². The highest BCUT2D eigenvalue weighted by Gasteiger charge is 2.44. The average Bonchev–Trinajstić information content (AvgIpc) is 2.59. The van der Waals surface area contributed by atoms with Crippen LogP contribution in [0.1, 0.15) is 31.2 Å². The molecule has 2 heterocycles. The molecule has 2 atom stereocenters. The molecule has 3 rings (SSSR count). The maximum absolute atomic E-state index is 12.8. The molecule has 0 saturated carbocycles. The molecule has 1 aromatic carbocycles. The number of hydrogen-bond donors (Lipinski definition) is 1. The van der Waals surface area contributed by atoms with E-state index in [1.807, 2.05) is 0 Å². The van der Waals surface area contributed by atoms with Gasteiger partial charge in [-0.25, -0.2) is 4.39 Å². The molecule has 2 aliphatic heterocycles. The summed E-state index contributed by atoms with van der Waals surface area (Å²) in [6.45, 7) is 0. The highest BCUT2D eigenvalue weighted by molar-refractivity contribution is 5.24. The van der Waals surface area contributed by atoms with E-state index in [-0.39, 0.29) is 18.0 Å². The molecule has 2 unspecified atom stereocenters. The van der Waals surface area contributed by atoms with Gasteiger partial charge in [-0.2, -0.15) is 0 Å². The van der Waals surface area contributed by atoms with Crippen LogP contribution in [-0.2, 0) is 10.3 Å². The van der Waals surface area contributed by atoms with Crippen molar-refractivity contribution in [3.05, 3.63) is 35.6 Å². The zero-order valence-electron chi connectivity index (χ0n) is 9.03. The van der Waals surface area contributed by atoms with Crippen molar-refractivity contribution in [2.24, 2.45) is 0 Å². The number of rotatable bonds is 1. The molecule has 2 bridgehead atoms. The van der Waals surface area contributed by atoms with Gasteiger partial charge in [-0.1, -0.05) is 12.1 Å². The van der Waals surface area contributed by atoms with Crippen molar-refractivity contribution >= 4 is 0 Å². The Labute approximate surface area is 94.0 Å². The van der Waals surface area contributed by atoms with E-state index >= 15 is 0 Å². The molecule has 2 saturated heterocycles. The molecule has 0 amide bonds. The van der Waals surface area contributed by atoms with Gasteiger partial charge in [0.25, 0.3) is 0 Å². The van der Waals surface area contributed by atoms with Crippen LogP contribution in [0.25, 0.3) is 0 Å². The lowest BCUT2D eigenvalue weighted by molar-refractivity contribution is -0.115. The van der Waals surface area contributed by atoms with Crippen LogP contribution in [0.4, 0.5) is 4.39 Å². The molecule has 1 N–H and O–H groups in total. The Kier molecular flexibility index (Phi) is 2.26. The molecular formula is C13H15FO2. The molecule has 1 aromatic rings. The van der Waals surface area contributed by atoms with Gasteiger partial charge in [0.15, 0.2) is 0 Å². The van der Waals surface area contributed by atoms with Gasteiger partial charge in [-0.3, -0.25) is 0 Å². The van der Waals surface area contributed by atoms with Crippen LogP contribution in [-0.4, -0.2) is 17.3 Å². The van der Waals surface area contributed by atoms with Crippen molar-refractivity contribution in [1.29, 1.82) is 0 Å². The number of benzene rings is 1. The van der Waals surface area contributed by atoms with Gasteiger partial charge in [0.1, 0.15) is 5.82 Å². The van der Waals surface area contributed by atoms with Crippen molar-refractivity contribution in [3.63, 3.8) is 0 Å².